The summed E-state index contributed by atoms with van der Waals surface area (Å²) in [5, 5.41) is 0.475. The molecule has 6 heteroatoms. The summed E-state index contributed by atoms with van der Waals surface area (Å²) >= 11 is 12.0. The van der Waals surface area contributed by atoms with Crippen molar-refractivity contribution < 1.29 is 8.81 Å². The summed E-state index contributed by atoms with van der Waals surface area (Å²) < 4.78 is 19.2. The molecule has 0 radical (unpaired) electrons. The van der Waals surface area contributed by atoms with Crippen molar-refractivity contribution in [1.29, 1.82) is 0 Å². The van der Waals surface area contributed by atoms with Crippen LogP contribution in [-0.2, 0) is 0 Å². The van der Waals surface area contributed by atoms with E-state index >= 15 is 0 Å². The second-order valence-corrected chi connectivity index (χ2v) is 4.72. The summed E-state index contributed by atoms with van der Waals surface area (Å²) in [7, 11) is 0. The Balaban J connectivity index is 2.29. The van der Waals surface area contributed by atoms with Crippen LogP contribution in [0.1, 0.15) is 0 Å². The average molecular weight is 297 g/mol. The summed E-state index contributed by atoms with van der Waals surface area (Å²) in [6.45, 7) is 0. The molecule has 0 unspecified atom stereocenters. The summed E-state index contributed by atoms with van der Waals surface area (Å²) in [5.41, 5.74) is 6.91. The van der Waals surface area contributed by atoms with Crippen LogP contribution in [0.25, 0.3) is 22.6 Å². The fraction of sp³-hybridized carbons (Fsp3) is 0. The van der Waals surface area contributed by atoms with Gasteiger partial charge in [0.05, 0.1) is 21.3 Å². The van der Waals surface area contributed by atoms with Crippen LogP contribution in [0, 0.1) is 5.82 Å². The van der Waals surface area contributed by atoms with Crippen LogP contribution in [-0.4, -0.2) is 4.98 Å². The van der Waals surface area contributed by atoms with E-state index in [1.807, 2.05) is 0 Å². The van der Waals surface area contributed by atoms with E-state index < -0.39 is 5.82 Å². The number of oxazole rings is 1. The molecule has 3 nitrogen and oxygen atoms in total. The molecule has 1 aromatic heterocycles. The van der Waals surface area contributed by atoms with E-state index in [0.29, 0.717) is 11.1 Å². The van der Waals surface area contributed by atoms with Gasteiger partial charge in [0.15, 0.2) is 5.58 Å². The first-order chi connectivity index (χ1) is 9.08. The number of nitrogen functional groups attached to an aromatic ring is 1. The monoisotopic (exact) mass is 296 g/mol. The first-order valence-corrected chi connectivity index (χ1v) is 6.12. The Labute approximate surface area is 117 Å². The number of hydrogen-bond acceptors (Lipinski definition) is 3. The van der Waals surface area contributed by atoms with Crippen LogP contribution < -0.4 is 5.73 Å². The van der Waals surface area contributed by atoms with Gasteiger partial charge in [0, 0.05) is 6.07 Å². The van der Waals surface area contributed by atoms with Crippen molar-refractivity contribution in [2.45, 2.75) is 0 Å². The standard InChI is InChI=1S/C13H7Cl2FN2O/c14-7-5-9-12(10(15)11(7)17)18-13(19-9)6-3-1-2-4-8(6)16/h1-5H,17H2. The van der Waals surface area contributed by atoms with E-state index in [1.54, 1.807) is 18.2 Å². The van der Waals surface area contributed by atoms with Crippen LogP contribution in [0.2, 0.25) is 10.0 Å². The predicted octanol–water partition coefficient (Wildman–Crippen LogP) is 4.52. The molecule has 0 spiro atoms. The van der Waals surface area contributed by atoms with Gasteiger partial charge in [-0.15, -0.1) is 0 Å². The quantitative estimate of drug-likeness (QED) is 0.672. The number of fused-ring (bicyclic) bond motifs is 1. The molecule has 0 aliphatic heterocycles. The number of benzene rings is 2. The molecule has 3 rings (SSSR count). The maximum Gasteiger partial charge on any atom is 0.230 e. The average Bonchev–Trinajstić information content (AvgIpc) is 2.80. The molecule has 0 bridgehead atoms. The molecule has 0 saturated heterocycles. The summed E-state index contributed by atoms with van der Waals surface area (Å²) in [6.07, 6.45) is 0. The largest absolute Gasteiger partial charge is 0.436 e. The highest BCUT2D eigenvalue weighted by Crippen LogP contribution is 2.37. The molecule has 3 aromatic rings. The van der Waals surface area contributed by atoms with Crippen LogP contribution >= 0.6 is 23.2 Å². The van der Waals surface area contributed by atoms with E-state index in [0.717, 1.165) is 0 Å². The van der Waals surface area contributed by atoms with Crippen molar-refractivity contribution >= 4 is 40.0 Å². The molecule has 2 N–H and O–H groups in total. The highest BCUT2D eigenvalue weighted by molar-refractivity contribution is 6.42. The van der Waals surface area contributed by atoms with Gasteiger partial charge in [-0.1, -0.05) is 35.3 Å². The van der Waals surface area contributed by atoms with E-state index in [1.165, 1.54) is 12.1 Å². The number of nitrogens with two attached hydrogens (primary N) is 1. The van der Waals surface area contributed by atoms with Gasteiger partial charge in [-0.05, 0) is 12.1 Å². The van der Waals surface area contributed by atoms with Gasteiger partial charge < -0.3 is 10.2 Å². The van der Waals surface area contributed by atoms with E-state index in [9.17, 15) is 4.39 Å². The lowest BCUT2D eigenvalue weighted by Gasteiger charge is -1.99. The summed E-state index contributed by atoms with van der Waals surface area (Å²) in [5.74, 6) is -0.291. The van der Waals surface area contributed by atoms with Gasteiger partial charge in [0.2, 0.25) is 5.89 Å². The Bertz CT molecular complexity index is 786. The maximum absolute atomic E-state index is 13.7. The number of nitrogens with zero attached hydrogens (tertiary/aromatic N) is 1. The SMILES string of the molecule is Nc1c(Cl)cc2oc(-c3ccccc3F)nc2c1Cl. The highest BCUT2D eigenvalue weighted by atomic mass is 35.5. The van der Waals surface area contributed by atoms with Gasteiger partial charge in [0.1, 0.15) is 11.3 Å². The molecule has 0 fully saturated rings. The third-order valence-electron chi connectivity index (χ3n) is 2.72. The maximum atomic E-state index is 13.7. The number of anilines is 1. The number of halogens is 3. The first-order valence-electron chi connectivity index (χ1n) is 5.37. The lowest BCUT2D eigenvalue weighted by atomic mass is 10.2. The molecule has 0 aliphatic carbocycles. The second-order valence-electron chi connectivity index (χ2n) is 3.93. The minimum absolute atomic E-state index is 0.136. The third kappa shape index (κ3) is 1.93. The summed E-state index contributed by atoms with van der Waals surface area (Å²) in [6, 6.07) is 7.68. The minimum Gasteiger partial charge on any atom is -0.436 e. The van der Waals surface area contributed by atoms with Crippen molar-refractivity contribution in [1.82, 2.24) is 4.98 Å². The summed E-state index contributed by atoms with van der Waals surface area (Å²) in [4.78, 5) is 4.17. The predicted molar refractivity (Wildman–Crippen MR) is 73.8 cm³/mol. The zero-order valence-corrected chi connectivity index (χ0v) is 11.0. The fourth-order valence-electron chi connectivity index (χ4n) is 1.76. The second kappa shape index (κ2) is 4.40. The Kier molecular flexibility index (Phi) is 2.84. The number of rotatable bonds is 1. The lowest BCUT2D eigenvalue weighted by Crippen LogP contribution is -1.88. The highest BCUT2D eigenvalue weighted by Gasteiger charge is 2.17. The minimum atomic E-state index is -0.427. The molecule has 19 heavy (non-hydrogen) atoms. The van der Waals surface area contributed by atoms with Crippen molar-refractivity contribution in [3.63, 3.8) is 0 Å². The van der Waals surface area contributed by atoms with Crippen molar-refractivity contribution in [3.05, 3.63) is 46.2 Å². The smallest absolute Gasteiger partial charge is 0.230 e. The van der Waals surface area contributed by atoms with E-state index in [4.69, 9.17) is 33.4 Å². The van der Waals surface area contributed by atoms with Crippen LogP contribution in [0.4, 0.5) is 10.1 Å². The molecule has 2 aromatic carbocycles. The fourth-order valence-corrected chi connectivity index (χ4v) is 2.24. The van der Waals surface area contributed by atoms with Gasteiger partial charge in [-0.3, -0.25) is 0 Å². The lowest BCUT2D eigenvalue weighted by molar-refractivity contribution is 0.593. The molecule has 96 valence electrons. The molecular formula is C13H7Cl2FN2O. The van der Waals surface area contributed by atoms with Crippen molar-refractivity contribution in [2.75, 3.05) is 5.73 Å². The molecule has 0 amide bonds. The normalized spacial score (nSPS) is 11.1. The Morgan fingerprint density at radius 3 is 2.68 bits per heavy atom. The van der Waals surface area contributed by atoms with Gasteiger partial charge in [-0.25, -0.2) is 9.37 Å². The molecular weight excluding hydrogens is 290 g/mol. The molecule has 0 atom stereocenters. The molecule has 1 heterocycles. The van der Waals surface area contributed by atoms with Gasteiger partial charge in [0.25, 0.3) is 0 Å². The van der Waals surface area contributed by atoms with Crippen LogP contribution in [0.5, 0.6) is 0 Å². The Hall–Kier alpha value is -1.78. The number of aromatic nitrogens is 1. The topological polar surface area (TPSA) is 52.0 Å². The zero-order valence-electron chi connectivity index (χ0n) is 9.45. The third-order valence-corrected chi connectivity index (χ3v) is 3.41. The van der Waals surface area contributed by atoms with Crippen molar-refractivity contribution in [2.24, 2.45) is 0 Å². The molecule has 0 saturated carbocycles. The van der Waals surface area contributed by atoms with E-state index in [2.05, 4.69) is 4.98 Å². The Morgan fingerprint density at radius 2 is 1.95 bits per heavy atom. The molecule has 0 aliphatic rings. The van der Waals surface area contributed by atoms with Gasteiger partial charge in [-0.2, -0.15) is 0 Å². The van der Waals surface area contributed by atoms with Crippen LogP contribution in [0.3, 0.4) is 0 Å². The first kappa shape index (κ1) is 12.3. The Morgan fingerprint density at radius 1 is 1.21 bits per heavy atom. The number of hydrogen-bond donors (Lipinski definition) is 1. The van der Waals surface area contributed by atoms with E-state index in [-0.39, 0.29) is 27.2 Å². The van der Waals surface area contributed by atoms with Crippen LogP contribution in [0.15, 0.2) is 34.7 Å². The van der Waals surface area contributed by atoms with Crippen molar-refractivity contribution in [3.8, 4) is 11.5 Å². The zero-order chi connectivity index (χ0) is 13.6. The van der Waals surface area contributed by atoms with Gasteiger partial charge >= 0.3 is 0 Å².